The van der Waals surface area contributed by atoms with Crippen LogP contribution in [0.15, 0.2) is 48.5 Å². The Morgan fingerprint density at radius 3 is 2.32 bits per heavy atom. The molecule has 164 valence electrons. The minimum Gasteiger partial charge on any atom is -0.468 e. The second-order valence-electron chi connectivity index (χ2n) is 6.02. The number of aromatic nitrogens is 2. The van der Waals surface area contributed by atoms with Gasteiger partial charge in [-0.3, -0.25) is 19.1 Å². The summed E-state index contributed by atoms with van der Waals surface area (Å²) in [6.07, 6.45) is 0.449. The molecule has 0 aliphatic rings. The van der Waals surface area contributed by atoms with Crippen LogP contribution < -0.4 is 10.1 Å². The third kappa shape index (κ3) is 5.40. The molecule has 0 saturated heterocycles. The lowest BCUT2D eigenvalue weighted by atomic mass is 10.2. The number of methoxy groups -OCH3 is 1. The van der Waals surface area contributed by atoms with Crippen molar-refractivity contribution in [1.82, 2.24) is 14.5 Å². The van der Waals surface area contributed by atoms with Crippen LogP contribution in [0.25, 0.3) is 5.69 Å². The van der Waals surface area contributed by atoms with Gasteiger partial charge in [0, 0.05) is 12.1 Å². The number of carbonyl (C=O) groups is 2. The maximum absolute atomic E-state index is 13.4. The van der Waals surface area contributed by atoms with Crippen LogP contribution in [0.5, 0.6) is 6.01 Å². The Balaban J connectivity index is 0.00000166. The van der Waals surface area contributed by atoms with Gasteiger partial charge in [0.05, 0.1) is 19.3 Å². The van der Waals surface area contributed by atoms with Gasteiger partial charge in [-0.05, 0) is 42.0 Å². The summed E-state index contributed by atoms with van der Waals surface area (Å²) >= 11 is 5.89. The van der Waals surface area contributed by atoms with E-state index in [-0.39, 0.29) is 24.1 Å². The normalized spacial score (nSPS) is 10.0. The molecule has 0 aliphatic carbocycles. The van der Waals surface area contributed by atoms with Gasteiger partial charge in [0.25, 0.3) is 5.91 Å². The molecule has 0 bridgehead atoms. The Morgan fingerprint density at radius 1 is 1.19 bits per heavy atom. The topological polar surface area (TPSA) is 76.5 Å². The maximum atomic E-state index is 13.4. The highest BCUT2D eigenvalue weighted by Crippen LogP contribution is 2.28. The molecule has 0 saturated carbocycles. The number of ether oxygens (including phenoxy) is 1. The Hall–Kier alpha value is -3.39. The molecular formula is C22H24ClFN4O3. The first-order chi connectivity index (χ1) is 15.0. The molecule has 2 amide bonds. The third-order valence-corrected chi connectivity index (χ3v) is 4.46. The molecule has 31 heavy (non-hydrogen) atoms. The lowest BCUT2D eigenvalue weighted by Gasteiger charge is -2.18. The first kappa shape index (κ1) is 23.9. The van der Waals surface area contributed by atoms with Gasteiger partial charge < -0.3 is 10.1 Å². The molecule has 1 aromatic heterocycles. The molecule has 0 radical (unpaired) electrons. The van der Waals surface area contributed by atoms with Gasteiger partial charge in [-0.2, -0.15) is 4.98 Å². The van der Waals surface area contributed by atoms with Crippen LogP contribution in [0.4, 0.5) is 10.2 Å². The van der Waals surface area contributed by atoms with Gasteiger partial charge in [0.1, 0.15) is 5.82 Å². The first-order valence-electron chi connectivity index (χ1n) is 9.59. The molecule has 9 heteroatoms. The van der Waals surface area contributed by atoms with Crippen LogP contribution in [-0.2, 0) is 11.3 Å². The molecule has 1 heterocycles. The van der Waals surface area contributed by atoms with E-state index in [0.717, 1.165) is 10.5 Å². The van der Waals surface area contributed by atoms with Crippen molar-refractivity contribution in [3.05, 3.63) is 70.6 Å². The third-order valence-electron chi connectivity index (χ3n) is 4.21. The van der Waals surface area contributed by atoms with E-state index in [1.54, 1.807) is 31.3 Å². The van der Waals surface area contributed by atoms with Gasteiger partial charge in [0.15, 0.2) is 11.5 Å². The fraction of sp³-hybridized carbons (Fsp3) is 0.227. The zero-order chi connectivity index (χ0) is 23.0. The Morgan fingerprint density at radius 2 is 1.81 bits per heavy atom. The van der Waals surface area contributed by atoms with Gasteiger partial charge in [0.2, 0.25) is 6.41 Å². The summed E-state index contributed by atoms with van der Waals surface area (Å²) < 4.78 is 20.1. The monoisotopic (exact) mass is 446 g/mol. The van der Waals surface area contributed by atoms with Crippen molar-refractivity contribution in [2.45, 2.75) is 20.4 Å². The fourth-order valence-corrected chi connectivity index (χ4v) is 2.94. The standard InChI is InChI=1S/C20H18ClFN4O3.C2H6/c1-23-18-17(19(28)25(12-27)11-13-3-5-14(21)6-4-13)26(20(24-18)29-2)16-9-7-15(22)8-10-16;1-2/h3-10,12,23H,11H2,1-2H3;1-2H3. The van der Waals surface area contributed by atoms with E-state index in [4.69, 9.17) is 16.3 Å². The Kier molecular flexibility index (Phi) is 8.57. The van der Waals surface area contributed by atoms with Crippen LogP contribution in [0.3, 0.4) is 0 Å². The molecule has 1 N–H and O–H groups in total. The summed E-state index contributed by atoms with van der Waals surface area (Å²) in [7, 11) is 3.00. The molecule has 3 rings (SSSR count). The minimum atomic E-state index is -0.598. The Labute approximate surface area is 185 Å². The lowest BCUT2D eigenvalue weighted by molar-refractivity contribution is -0.116. The van der Waals surface area contributed by atoms with Crippen molar-refractivity contribution < 1.29 is 18.7 Å². The number of halogens is 2. The largest absolute Gasteiger partial charge is 0.468 e. The second-order valence-corrected chi connectivity index (χ2v) is 6.46. The molecule has 2 aromatic carbocycles. The number of amides is 2. The van der Waals surface area contributed by atoms with Gasteiger partial charge >= 0.3 is 6.01 Å². The number of imidazole rings is 1. The van der Waals surface area contributed by atoms with Gasteiger partial charge in [-0.1, -0.05) is 37.6 Å². The summed E-state index contributed by atoms with van der Waals surface area (Å²) in [4.78, 5) is 30.2. The lowest BCUT2D eigenvalue weighted by Crippen LogP contribution is -2.31. The smallest absolute Gasteiger partial charge is 0.303 e. The number of rotatable bonds is 7. The average Bonchev–Trinajstić information content (AvgIpc) is 3.19. The zero-order valence-electron chi connectivity index (χ0n) is 17.7. The SMILES string of the molecule is CC.CNc1nc(OC)n(-c2ccc(F)cc2)c1C(=O)N(C=O)Cc1ccc(Cl)cc1. The van der Waals surface area contributed by atoms with Crippen LogP contribution in [0.2, 0.25) is 5.02 Å². The number of anilines is 1. The molecule has 0 unspecified atom stereocenters. The molecule has 0 fully saturated rings. The predicted molar refractivity (Wildman–Crippen MR) is 118 cm³/mol. The first-order valence-corrected chi connectivity index (χ1v) is 9.97. The molecule has 7 nitrogen and oxygen atoms in total. The number of hydrogen-bond acceptors (Lipinski definition) is 5. The van der Waals surface area contributed by atoms with E-state index < -0.39 is 11.7 Å². The maximum Gasteiger partial charge on any atom is 0.303 e. The number of nitrogens with zero attached hydrogens (tertiary/aromatic N) is 3. The number of imide groups is 1. The summed E-state index contributed by atoms with van der Waals surface area (Å²) in [5.41, 5.74) is 1.26. The highest BCUT2D eigenvalue weighted by Gasteiger charge is 2.28. The summed E-state index contributed by atoms with van der Waals surface area (Å²) in [5.74, 6) is -0.801. The second kappa shape index (κ2) is 11.1. The van der Waals surface area contributed by atoms with Crippen molar-refractivity contribution in [3.63, 3.8) is 0 Å². The van der Waals surface area contributed by atoms with Crippen LogP contribution in [0, 0.1) is 5.82 Å². The zero-order valence-corrected chi connectivity index (χ0v) is 18.5. The van der Waals surface area contributed by atoms with Crippen molar-refractivity contribution in [2.75, 3.05) is 19.5 Å². The van der Waals surface area contributed by atoms with E-state index in [9.17, 15) is 14.0 Å². The number of benzene rings is 2. The van der Waals surface area contributed by atoms with Crippen molar-refractivity contribution >= 4 is 29.7 Å². The minimum absolute atomic E-state index is 0.0412. The fourth-order valence-electron chi connectivity index (χ4n) is 2.82. The van der Waals surface area contributed by atoms with E-state index in [1.165, 1.54) is 35.9 Å². The summed E-state index contributed by atoms with van der Waals surface area (Å²) in [5, 5.41) is 3.39. The average molecular weight is 447 g/mol. The van der Waals surface area contributed by atoms with Gasteiger partial charge in [-0.15, -0.1) is 0 Å². The summed E-state index contributed by atoms with van der Waals surface area (Å²) in [6, 6.07) is 12.4. The van der Waals surface area contributed by atoms with Crippen LogP contribution in [-0.4, -0.2) is 40.9 Å². The molecule has 3 aromatic rings. The van der Waals surface area contributed by atoms with E-state index in [2.05, 4.69) is 10.3 Å². The molecule has 0 atom stereocenters. The molecule has 0 aliphatic heterocycles. The number of carbonyl (C=O) groups excluding carboxylic acids is 2. The quantitative estimate of drug-likeness (QED) is 0.539. The number of hydrogen-bond donors (Lipinski definition) is 1. The van der Waals surface area contributed by atoms with Crippen molar-refractivity contribution in [3.8, 4) is 11.7 Å². The Bertz CT molecular complexity index is 1020. The van der Waals surface area contributed by atoms with Crippen LogP contribution >= 0.6 is 11.6 Å². The van der Waals surface area contributed by atoms with E-state index in [0.29, 0.717) is 17.1 Å². The van der Waals surface area contributed by atoms with E-state index in [1.807, 2.05) is 13.8 Å². The highest BCUT2D eigenvalue weighted by atomic mass is 35.5. The molecular weight excluding hydrogens is 423 g/mol. The van der Waals surface area contributed by atoms with E-state index >= 15 is 0 Å². The summed E-state index contributed by atoms with van der Waals surface area (Å²) in [6.45, 7) is 4.04. The van der Waals surface area contributed by atoms with Gasteiger partial charge in [-0.25, -0.2) is 4.39 Å². The predicted octanol–water partition coefficient (Wildman–Crippen LogP) is 4.54. The number of nitrogens with one attached hydrogen (secondary N) is 1. The van der Waals surface area contributed by atoms with Crippen molar-refractivity contribution in [2.24, 2.45) is 0 Å². The molecule has 0 spiro atoms. The highest BCUT2D eigenvalue weighted by molar-refractivity contribution is 6.30. The van der Waals surface area contributed by atoms with Crippen molar-refractivity contribution in [1.29, 1.82) is 0 Å². The van der Waals surface area contributed by atoms with Crippen LogP contribution in [0.1, 0.15) is 29.9 Å².